The fourth-order valence-electron chi connectivity index (χ4n) is 2.20. The van der Waals surface area contributed by atoms with E-state index in [1.165, 1.54) is 0 Å². The van der Waals surface area contributed by atoms with E-state index in [9.17, 15) is 4.79 Å². The molecule has 1 fully saturated rings. The van der Waals surface area contributed by atoms with Gasteiger partial charge in [-0.2, -0.15) is 0 Å². The van der Waals surface area contributed by atoms with Gasteiger partial charge in [0, 0.05) is 30.7 Å². The van der Waals surface area contributed by atoms with E-state index in [-0.39, 0.29) is 0 Å². The van der Waals surface area contributed by atoms with Gasteiger partial charge in [0.2, 0.25) is 0 Å². The number of anilines is 1. The van der Waals surface area contributed by atoms with Crippen molar-refractivity contribution < 1.29 is 9.90 Å². The molecule has 1 aliphatic heterocycles. The zero-order chi connectivity index (χ0) is 13.1. The molecule has 0 amide bonds. The highest BCUT2D eigenvalue weighted by Gasteiger charge is 2.18. The maximum absolute atomic E-state index is 10.9. The lowest BCUT2D eigenvalue weighted by atomic mass is 10.2. The Hall–Kier alpha value is -1.07. The number of carboxylic acids is 1. The van der Waals surface area contributed by atoms with Crippen LogP contribution in [0.25, 0.3) is 0 Å². The molecule has 1 heterocycles. The van der Waals surface area contributed by atoms with E-state index in [0.29, 0.717) is 5.56 Å². The van der Waals surface area contributed by atoms with E-state index in [4.69, 9.17) is 5.11 Å². The first-order valence-corrected chi connectivity index (χ1v) is 6.91. The molecule has 98 valence electrons. The van der Waals surface area contributed by atoms with Gasteiger partial charge in [-0.3, -0.25) is 0 Å². The van der Waals surface area contributed by atoms with E-state index in [0.717, 1.165) is 42.9 Å². The Morgan fingerprint density at radius 1 is 1.33 bits per heavy atom. The van der Waals surface area contributed by atoms with Crippen LogP contribution in [0.5, 0.6) is 0 Å². The highest BCUT2D eigenvalue weighted by Crippen LogP contribution is 2.28. The fourth-order valence-corrected chi connectivity index (χ4v) is 2.83. The van der Waals surface area contributed by atoms with Gasteiger partial charge < -0.3 is 14.9 Å². The van der Waals surface area contributed by atoms with E-state index in [2.05, 4.69) is 32.7 Å². The van der Waals surface area contributed by atoms with Gasteiger partial charge >= 0.3 is 5.97 Å². The van der Waals surface area contributed by atoms with Crippen LogP contribution >= 0.6 is 15.9 Å². The van der Waals surface area contributed by atoms with Crippen LogP contribution in [-0.2, 0) is 0 Å². The van der Waals surface area contributed by atoms with Crippen LogP contribution in [0.2, 0.25) is 0 Å². The molecule has 1 N–H and O–H groups in total. The molecule has 0 saturated carbocycles. The summed E-state index contributed by atoms with van der Waals surface area (Å²) in [4.78, 5) is 15.6. The van der Waals surface area contributed by atoms with Gasteiger partial charge in [0.1, 0.15) is 0 Å². The summed E-state index contributed by atoms with van der Waals surface area (Å²) in [6.45, 7) is 7.35. The fraction of sp³-hybridized carbons (Fsp3) is 0.462. The van der Waals surface area contributed by atoms with Crippen molar-refractivity contribution in [3.05, 3.63) is 28.2 Å². The van der Waals surface area contributed by atoms with Crippen LogP contribution in [-0.4, -0.2) is 48.7 Å². The number of piperazine rings is 1. The van der Waals surface area contributed by atoms with Crippen molar-refractivity contribution in [3.8, 4) is 0 Å². The maximum Gasteiger partial charge on any atom is 0.335 e. The van der Waals surface area contributed by atoms with Crippen LogP contribution in [0.1, 0.15) is 17.3 Å². The SMILES string of the molecule is CCN1CCN(c2ccc(C(=O)O)cc2Br)CC1. The van der Waals surface area contributed by atoms with Crippen LogP contribution in [0.3, 0.4) is 0 Å². The minimum absolute atomic E-state index is 0.317. The van der Waals surface area contributed by atoms with E-state index < -0.39 is 5.97 Å². The minimum atomic E-state index is -0.891. The quantitative estimate of drug-likeness (QED) is 0.930. The third-order valence-electron chi connectivity index (χ3n) is 3.35. The summed E-state index contributed by atoms with van der Waals surface area (Å²) in [6, 6.07) is 5.22. The van der Waals surface area contributed by atoms with E-state index in [1.54, 1.807) is 12.1 Å². The normalized spacial score (nSPS) is 16.9. The van der Waals surface area contributed by atoms with Gasteiger partial charge in [0.25, 0.3) is 0 Å². The van der Waals surface area contributed by atoms with Gasteiger partial charge in [-0.1, -0.05) is 6.92 Å². The van der Waals surface area contributed by atoms with Gasteiger partial charge in [-0.25, -0.2) is 4.79 Å². The number of hydrogen-bond acceptors (Lipinski definition) is 3. The van der Waals surface area contributed by atoms with Crippen molar-refractivity contribution in [1.29, 1.82) is 0 Å². The number of benzene rings is 1. The highest BCUT2D eigenvalue weighted by atomic mass is 79.9. The summed E-state index contributed by atoms with van der Waals surface area (Å²) in [5.74, 6) is -0.891. The predicted molar refractivity (Wildman–Crippen MR) is 75.4 cm³/mol. The lowest BCUT2D eigenvalue weighted by Crippen LogP contribution is -2.46. The Morgan fingerprint density at radius 2 is 2.00 bits per heavy atom. The molecular weight excluding hydrogens is 296 g/mol. The summed E-state index contributed by atoms with van der Waals surface area (Å²) < 4.78 is 0.854. The maximum atomic E-state index is 10.9. The molecule has 0 bridgehead atoms. The second-order valence-corrected chi connectivity index (χ2v) is 5.25. The molecule has 1 aromatic rings. The summed E-state index contributed by atoms with van der Waals surface area (Å²) in [5.41, 5.74) is 1.40. The van der Waals surface area contributed by atoms with Crippen LogP contribution in [0.15, 0.2) is 22.7 Å². The summed E-state index contributed by atoms with van der Waals surface area (Å²) >= 11 is 3.46. The molecule has 1 saturated heterocycles. The van der Waals surface area contributed by atoms with E-state index >= 15 is 0 Å². The van der Waals surface area contributed by atoms with Crippen LogP contribution in [0, 0.1) is 0 Å². The van der Waals surface area contributed by atoms with Crippen molar-refractivity contribution in [2.75, 3.05) is 37.6 Å². The minimum Gasteiger partial charge on any atom is -0.478 e. The number of carbonyl (C=O) groups is 1. The zero-order valence-electron chi connectivity index (χ0n) is 10.4. The highest BCUT2D eigenvalue weighted by molar-refractivity contribution is 9.10. The Bertz CT molecular complexity index is 443. The number of rotatable bonds is 3. The first kappa shape index (κ1) is 13.4. The average molecular weight is 313 g/mol. The van der Waals surface area contributed by atoms with E-state index in [1.807, 2.05) is 6.07 Å². The molecule has 0 aromatic heterocycles. The Labute approximate surface area is 115 Å². The molecule has 0 spiro atoms. The first-order valence-electron chi connectivity index (χ1n) is 6.12. The first-order chi connectivity index (χ1) is 8.61. The van der Waals surface area contributed by atoms with Crippen molar-refractivity contribution >= 4 is 27.6 Å². The monoisotopic (exact) mass is 312 g/mol. The number of nitrogens with zero attached hydrogens (tertiary/aromatic N) is 2. The zero-order valence-corrected chi connectivity index (χ0v) is 12.0. The largest absolute Gasteiger partial charge is 0.478 e. The van der Waals surface area contributed by atoms with Gasteiger partial charge in [-0.15, -0.1) is 0 Å². The number of halogens is 1. The second-order valence-electron chi connectivity index (χ2n) is 4.39. The average Bonchev–Trinajstić information content (AvgIpc) is 2.38. The van der Waals surface area contributed by atoms with Crippen LogP contribution < -0.4 is 4.90 Å². The number of likely N-dealkylation sites (N-methyl/N-ethyl adjacent to an activating group) is 1. The molecule has 0 aliphatic carbocycles. The number of hydrogen-bond donors (Lipinski definition) is 1. The molecule has 18 heavy (non-hydrogen) atoms. The lowest BCUT2D eigenvalue weighted by Gasteiger charge is -2.36. The third kappa shape index (κ3) is 2.84. The Morgan fingerprint density at radius 3 is 2.50 bits per heavy atom. The lowest BCUT2D eigenvalue weighted by molar-refractivity contribution is 0.0697. The van der Waals surface area contributed by atoms with Crippen molar-refractivity contribution in [2.45, 2.75) is 6.92 Å². The molecule has 2 rings (SSSR count). The topological polar surface area (TPSA) is 43.8 Å². The van der Waals surface area contributed by atoms with Gasteiger partial charge in [-0.05, 0) is 40.7 Å². The summed E-state index contributed by atoms with van der Waals surface area (Å²) in [6.07, 6.45) is 0. The molecule has 4 nitrogen and oxygen atoms in total. The number of aromatic carboxylic acids is 1. The van der Waals surface area contributed by atoms with Crippen molar-refractivity contribution in [1.82, 2.24) is 4.90 Å². The predicted octanol–water partition coefficient (Wildman–Crippen LogP) is 2.29. The second kappa shape index (κ2) is 5.71. The van der Waals surface area contributed by atoms with Crippen molar-refractivity contribution in [3.63, 3.8) is 0 Å². The molecule has 1 aliphatic rings. The third-order valence-corrected chi connectivity index (χ3v) is 3.99. The Kier molecular flexibility index (Phi) is 4.24. The smallest absolute Gasteiger partial charge is 0.335 e. The summed E-state index contributed by atoms with van der Waals surface area (Å²) in [7, 11) is 0. The summed E-state index contributed by atoms with van der Waals surface area (Å²) in [5, 5.41) is 8.94. The molecule has 1 aromatic carbocycles. The van der Waals surface area contributed by atoms with Gasteiger partial charge in [0.15, 0.2) is 0 Å². The molecular formula is C13H17BrN2O2. The van der Waals surface area contributed by atoms with Crippen LogP contribution in [0.4, 0.5) is 5.69 Å². The van der Waals surface area contributed by atoms with Crippen molar-refractivity contribution in [2.24, 2.45) is 0 Å². The molecule has 0 radical (unpaired) electrons. The standard InChI is InChI=1S/C13H17BrN2O2/c1-2-15-5-7-16(8-6-15)12-4-3-10(13(17)18)9-11(12)14/h3-4,9H,2,5-8H2,1H3,(H,17,18). The molecule has 0 unspecified atom stereocenters. The Balaban J connectivity index is 2.12. The van der Waals surface area contributed by atoms with Gasteiger partial charge in [0.05, 0.1) is 11.3 Å². The number of carboxylic acid groups (broad SMARTS) is 1. The molecule has 0 atom stereocenters. The molecule has 5 heteroatoms.